The van der Waals surface area contributed by atoms with E-state index in [9.17, 15) is 19.5 Å². The number of piperidine rings is 2. The molecule has 0 aromatic carbocycles. The predicted octanol–water partition coefficient (Wildman–Crippen LogP) is 0.00840. The number of carbonyl (C=O) groups is 3. The van der Waals surface area contributed by atoms with Gasteiger partial charge in [-0.15, -0.1) is 0 Å². The van der Waals surface area contributed by atoms with Crippen LogP contribution in [-0.2, 0) is 14.4 Å². The number of hydrogen-bond donors (Lipinski definition) is 3. The molecule has 118 valence electrons. The van der Waals surface area contributed by atoms with E-state index in [4.69, 9.17) is 5.11 Å². The molecule has 0 radical (unpaired) electrons. The maximum atomic E-state index is 12.5. The molecule has 0 bridgehead atoms. The van der Waals surface area contributed by atoms with Gasteiger partial charge in [-0.1, -0.05) is 6.92 Å². The van der Waals surface area contributed by atoms with Crippen LogP contribution in [0.2, 0.25) is 0 Å². The Morgan fingerprint density at radius 2 is 1.76 bits per heavy atom. The van der Waals surface area contributed by atoms with Crippen molar-refractivity contribution in [1.82, 2.24) is 10.2 Å². The van der Waals surface area contributed by atoms with Crippen LogP contribution in [0.5, 0.6) is 0 Å². The van der Waals surface area contributed by atoms with Crippen molar-refractivity contribution in [1.29, 1.82) is 0 Å². The van der Waals surface area contributed by atoms with Gasteiger partial charge in [0.05, 0.1) is 17.9 Å². The number of carbonyl (C=O) groups excluding carboxylic acids is 1. The molecule has 4 unspecified atom stereocenters. The monoisotopic (exact) mass is 298 g/mol. The van der Waals surface area contributed by atoms with Gasteiger partial charge >= 0.3 is 11.9 Å². The number of amides is 1. The van der Waals surface area contributed by atoms with Crippen molar-refractivity contribution in [2.75, 3.05) is 19.6 Å². The van der Waals surface area contributed by atoms with Crippen LogP contribution < -0.4 is 5.32 Å². The number of aliphatic carboxylic acids is 2. The van der Waals surface area contributed by atoms with E-state index in [1.165, 1.54) is 4.90 Å². The fourth-order valence-electron chi connectivity index (χ4n) is 3.21. The maximum absolute atomic E-state index is 12.5. The average Bonchev–Trinajstić information content (AvgIpc) is 2.45. The lowest BCUT2D eigenvalue weighted by molar-refractivity contribution is -0.159. The number of carboxylic acid groups (broad SMARTS) is 2. The minimum Gasteiger partial charge on any atom is -0.481 e. The molecule has 2 aliphatic rings. The summed E-state index contributed by atoms with van der Waals surface area (Å²) >= 11 is 0. The van der Waals surface area contributed by atoms with Crippen LogP contribution in [0.4, 0.5) is 0 Å². The smallest absolute Gasteiger partial charge is 0.309 e. The van der Waals surface area contributed by atoms with E-state index in [-0.39, 0.29) is 24.9 Å². The first-order chi connectivity index (χ1) is 9.90. The van der Waals surface area contributed by atoms with Gasteiger partial charge in [-0.05, 0) is 31.7 Å². The summed E-state index contributed by atoms with van der Waals surface area (Å²) in [5, 5.41) is 21.4. The first kappa shape index (κ1) is 15.8. The lowest BCUT2D eigenvalue weighted by Crippen LogP contribution is -2.55. The van der Waals surface area contributed by atoms with E-state index in [0.717, 1.165) is 19.4 Å². The molecule has 0 spiro atoms. The standard InChI is InChI=1S/C14H22N2O5/c1-8-2-4-15-11(6-8)12(17)16-5-3-9(13(18)19)10(7-16)14(20)21/h8-11,15H,2-7H2,1H3,(H,18,19)(H,20,21). The Bertz CT molecular complexity index is 439. The molecule has 2 rings (SSSR count). The highest BCUT2D eigenvalue weighted by molar-refractivity contribution is 5.85. The van der Waals surface area contributed by atoms with Crippen LogP contribution in [0.15, 0.2) is 0 Å². The van der Waals surface area contributed by atoms with Crippen LogP contribution in [0, 0.1) is 17.8 Å². The Hall–Kier alpha value is -1.63. The number of nitrogens with one attached hydrogen (secondary N) is 1. The third kappa shape index (κ3) is 3.53. The summed E-state index contributed by atoms with van der Waals surface area (Å²) in [6, 6.07) is -0.274. The Kier molecular flexibility index (Phi) is 4.82. The Balaban J connectivity index is 2.03. The number of likely N-dealkylation sites (tertiary alicyclic amines) is 1. The zero-order valence-corrected chi connectivity index (χ0v) is 12.1. The molecule has 0 saturated carbocycles. The first-order valence-electron chi connectivity index (χ1n) is 7.38. The molecule has 0 aliphatic carbocycles. The van der Waals surface area contributed by atoms with Crippen molar-refractivity contribution < 1.29 is 24.6 Å². The van der Waals surface area contributed by atoms with Gasteiger partial charge in [0, 0.05) is 13.1 Å². The van der Waals surface area contributed by atoms with Gasteiger partial charge in [-0.3, -0.25) is 14.4 Å². The van der Waals surface area contributed by atoms with Crippen molar-refractivity contribution >= 4 is 17.8 Å². The summed E-state index contributed by atoms with van der Waals surface area (Å²) in [6.45, 7) is 3.17. The lowest BCUT2D eigenvalue weighted by atomic mass is 9.84. The molecule has 4 atom stereocenters. The lowest BCUT2D eigenvalue weighted by Gasteiger charge is -2.38. The molecule has 2 aliphatic heterocycles. The summed E-state index contributed by atoms with van der Waals surface area (Å²) in [5.74, 6) is -3.82. The molecular weight excluding hydrogens is 276 g/mol. The molecule has 2 saturated heterocycles. The van der Waals surface area contributed by atoms with Gasteiger partial charge in [0.15, 0.2) is 0 Å². The molecule has 1 amide bonds. The van der Waals surface area contributed by atoms with Gasteiger partial charge in [0.25, 0.3) is 0 Å². The van der Waals surface area contributed by atoms with E-state index < -0.39 is 23.8 Å². The van der Waals surface area contributed by atoms with Crippen molar-refractivity contribution in [3.8, 4) is 0 Å². The molecule has 0 aromatic heterocycles. The third-order valence-electron chi connectivity index (χ3n) is 4.52. The van der Waals surface area contributed by atoms with E-state index >= 15 is 0 Å². The quantitative estimate of drug-likeness (QED) is 0.677. The maximum Gasteiger partial charge on any atom is 0.309 e. The fourth-order valence-corrected chi connectivity index (χ4v) is 3.21. The topological polar surface area (TPSA) is 107 Å². The van der Waals surface area contributed by atoms with Crippen molar-refractivity contribution in [3.05, 3.63) is 0 Å². The van der Waals surface area contributed by atoms with Gasteiger partial charge in [0.2, 0.25) is 5.91 Å². The molecular formula is C14H22N2O5. The molecule has 7 heteroatoms. The summed E-state index contributed by atoms with van der Waals surface area (Å²) in [4.78, 5) is 36.3. The third-order valence-corrected chi connectivity index (χ3v) is 4.52. The highest BCUT2D eigenvalue weighted by Gasteiger charge is 2.41. The second-order valence-corrected chi connectivity index (χ2v) is 6.10. The second kappa shape index (κ2) is 6.43. The number of carboxylic acids is 2. The second-order valence-electron chi connectivity index (χ2n) is 6.10. The van der Waals surface area contributed by atoms with Crippen molar-refractivity contribution in [2.24, 2.45) is 17.8 Å². The van der Waals surface area contributed by atoms with Crippen LogP contribution >= 0.6 is 0 Å². The Morgan fingerprint density at radius 1 is 1.10 bits per heavy atom. The van der Waals surface area contributed by atoms with Crippen molar-refractivity contribution in [3.63, 3.8) is 0 Å². The summed E-state index contributed by atoms with van der Waals surface area (Å²) in [7, 11) is 0. The van der Waals surface area contributed by atoms with Crippen LogP contribution in [-0.4, -0.2) is 58.6 Å². The summed E-state index contributed by atoms with van der Waals surface area (Å²) in [6.07, 6.45) is 1.97. The Morgan fingerprint density at radius 3 is 2.33 bits per heavy atom. The van der Waals surface area contributed by atoms with E-state index in [1.807, 2.05) is 0 Å². The van der Waals surface area contributed by atoms with Gasteiger partial charge < -0.3 is 20.4 Å². The minimum atomic E-state index is -1.15. The first-order valence-corrected chi connectivity index (χ1v) is 7.38. The number of hydrogen-bond acceptors (Lipinski definition) is 4. The number of nitrogens with zero attached hydrogens (tertiary/aromatic N) is 1. The largest absolute Gasteiger partial charge is 0.481 e. The van der Waals surface area contributed by atoms with Crippen LogP contribution in [0.3, 0.4) is 0 Å². The predicted molar refractivity (Wildman–Crippen MR) is 73.6 cm³/mol. The highest BCUT2D eigenvalue weighted by atomic mass is 16.4. The molecule has 0 aromatic rings. The molecule has 7 nitrogen and oxygen atoms in total. The minimum absolute atomic E-state index is 0.0162. The molecule has 21 heavy (non-hydrogen) atoms. The average molecular weight is 298 g/mol. The Labute approximate surface area is 123 Å². The van der Waals surface area contributed by atoms with E-state index in [2.05, 4.69) is 12.2 Å². The highest BCUT2D eigenvalue weighted by Crippen LogP contribution is 2.26. The van der Waals surface area contributed by atoms with Crippen molar-refractivity contribution in [2.45, 2.75) is 32.2 Å². The summed E-state index contributed by atoms with van der Waals surface area (Å²) < 4.78 is 0. The SMILES string of the molecule is CC1CCNC(C(=O)N2CCC(C(=O)O)C(C(=O)O)C2)C1. The normalized spacial score (nSPS) is 33.5. The van der Waals surface area contributed by atoms with Crippen LogP contribution in [0.25, 0.3) is 0 Å². The van der Waals surface area contributed by atoms with Crippen LogP contribution in [0.1, 0.15) is 26.2 Å². The van der Waals surface area contributed by atoms with Gasteiger partial charge in [-0.25, -0.2) is 0 Å². The van der Waals surface area contributed by atoms with Gasteiger partial charge in [0.1, 0.15) is 0 Å². The zero-order chi connectivity index (χ0) is 15.6. The zero-order valence-electron chi connectivity index (χ0n) is 12.1. The molecule has 3 N–H and O–H groups in total. The molecule has 2 heterocycles. The van der Waals surface area contributed by atoms with Gasteiger partial charge in [-0.2, -0.15) is 0 Å². The fraction of sp³-hybridized carbons (Fsp3) is 0.786. The number of rotatable bonds is 3. The van der Waals surface area contributed by atoms with E-state index in [1.54, 1.807) is 0 Å². The summed E-state index contributed by atoms with van der Waals surface area (Å²) in [5.41, 5.74) is 0. The van der Waals surface area contributed by atoms with E-state index in [0.29, 0.717) is 12.5 Å². The molecule has 2 fully saturated rings.